The minimum Gasteiger partial charge on any atom is -0.481 e. The third kappa shape index (κ3) is 5.43. The van der Waals surface area contributed by atoms with Crippen molar-refractivity contribution >= 4 is 5.97 Å². The number of piperidine rings is 1. The highest BCUT2D eigenvalue weighted by atomic mass is 16.4. The monoisotopic (exact) mass is 337 g/mol. The summed E-state index contributed by atoms with van der Waals surface area (Å²) in [5, 5.41) is 9.60. The number of hydrogen-bond acceptors (Lipinski definition) is 2. The molecular weight excluding hydrogens is 310 g/mol. The fourth-order valence-corrected chi connectivity index (χ4v) is 3.79. The van der Waals surface area contributed by atoms with Gasteiger partial charge in [0, 0.05) is 6.54 Å². The highest BCUT2D eigenvalue weighted by molar-refractivity contribution is 5.70. The van der Waals surface area contributed by atoms with Gasteiger partial charge in [0.25, 0.3) is 0 Å². The summed E-state index contributed by atoms with van der Waals surface area (Å²) in [4.78, 5) is 14.2. The summed E-state index contributed by atoms with van der Waals surface area (Å²) in [7, 11) is 0. The van der Waals surface area contributed by atoms with Crippen LogP contribution in [0.1, 0.15) is 30.4 Å². The lowest BCUT2D eigenvalue weighted by molar-refractivity contribution is -0.142. The zero-order valence-electron chi connectivity index (χ0n) is 14.7. The molecule has 3 rings (SSSR count). The summed E-state index contributed by atoms with van der Waals surface area (Å²) in [6.07, 6.45) is 3.64. The summed E-state index contributed by atoms with van der Waals surface area (Å²) >= 11 is 0. The van der Waals surface area contributed by atoms with E-state index in [0.29, 0.717) is 12.3 Å². The van der Waals surface area contributed by atoms with Crippen LogP contribution in [0.15, 0.2) is 60.7 Å². The first kappa shape index (κ1) is 17.7. The van der Waals surface area contributed by atoms with Gasteiger partial charge >= 0.3 is 5.97 Å². The molecule has 1 aliphatic heterocycles. The molecule has 1 unspecified atom stereocenters. The topological polar surface area (TPSA) is 40.5 Å². The molecule has 1 heterocycles. The zero-order chi connectivity index (χ0) is 17.5. The van der Waals surface area contributed by atoms with Gasteiger partial charge in [-0.25, -0.2) is 0 Å². The van der Waals surface area contributed by atoms with E-state index in [0.717, 1.165) is 44.5 Å². The van der Waals surface area contributed by atoms with E-state index >= 15 is 0 Å². The van der Waals surface area contributed by atoms with Crippen molar-refractivity contribution in [1.29, 1.82) is 0 Å². The second kappa shape index (κ2) is 8.82. The first-order valence-electron chi connectivity index (χ1n) is 9.23. The Hall–Kier alpha value is -2.13. The average molecular weight is 337 g/mol. The molecule has 1 aliphatic rings. The maximum atomic E-state index is 11.7. The third-order valence-electron chi connectivity index (χ3n) is 5.25. The second-order valence-corrected chi connectivity index (χ2v) is 7.17. The van der Waals surface area contributed by atoms with E-state index in [2.05, 4.69) is 35.2 Å². The van der Waals surface area contributed by atoms with Crippen molar-refractivity contribution in [3.05, 3.63) is 71.8 Å². The van der Waals surface area contributed by atoms with E-state index in [1.165, 1.54) is 5.56 Å². The van der Waals surface area contributed by atoms with E-state index in [1.807, 2.05) is 30.3 Å². The maximum Gasteiger partial charge on any atom is 0.306 e. The van der Waals surface area contributed by atoms with Crippen LogP contribution < -0.4 is 0 Å². The van der Waals surface area contributed by atoms with Gasteiger partial charge in [0.15, 0.2) is 0 Å². The van der Waals surface area contributed by atoms with E-state index in [9.17, 15) is 9.90 Å². The number of carboxylic acids is 1. The Morgan fingerprint density at radius 2 is 1.52 bits per heavy atom. The van der Waals surface area contributed by atoms with Gasteiger partial charge in [-0.1, -0.05) is 60.7 Å². The molecule has 25 heavy (non-hydrogen) atoms. The van der Waals surface area contributed by atoms with E-state index in [-0.39, 0.29) is 5.92 Å². The summed E-state index contributed by atoms with van der Waals surface area (Å²) in [5.74, 6) is -0.402. The lowest BCUT2D eigenvalue weighted by atomic mass is 9.84. The van der Waals surface area contributed by atoms with Gasteiger partial charge in [-0.3, -0.25) is 9.69 Å². The zero-order valence-corrected chi connectivity index (χ0v) is 14.7. The molecule has 132 valence electrons. The molecule has 1 atom stereocenters. The number of aliphatic carboxylic acids is 1. The number of carboxylic acid groups (broad SMARTS) is 1. The standard InChI is InChI=1S/C22H27NO2/c24-22(25)21(15-18-7-3-1-4-8-18)16-19-11-13-23(14-12-19)17-20-9-5-2-6-10-20/h1-10,19,21H,11-17H2,(H,24,25). The molecule has 1 saturated heterocycles. The van der Waals surface area contributed by atoms with Gasteiger partial charge < -0.3 is 5.11 Å². The van der Waals surface area contributed by atoms with Crippen LogP contribution in [0.3, 0.4) is 0 Å². The first-order valence-corrected chi connectivity index (χ1v) is 9.23. The molecule has 0 spiro atoms. The third-order valence-corrected chi connectivity index (χ3v) is 5.25. The Bertz CT molecular complexity index is 648. The van der Waals surface area contributed by atoms with Crippen LogP contribution in [0.4, 0.5) is 0 Å². The summed E-state index contributed by atoms with van der Waals surface area (Å²) in [5.41, 5.74) is 2.48. The van der Waals surface area contributed by atoms with Crippen LogP contribution in [0.5, 0.6) is 0 Å². The van der Waals surface area contributed by atoms with Crippen molar-refractivity contribution in [1.82, 2.24) is 4.90 Å². The highest BCUT2D eigenvalue weighted by Crippen LogP contribution is 2.27. The van der Waals surface area contributed by atoms with Crippen molar-refractivity contribution in [2.24, 2.45) is 11.8 Å². The molecular formula is C22H27NO2. The van der Waals surface area contributed by atoms with Crippen LogP contribution in [-0.4, -0.2) is 29.1 Å². The fraction of sp³-hybridized carbons (Fsp3) is 0.409. The van der Waals surface area contributed by atoms with Crippen molar-refractivity contribution in [3.63, 3.8) is 0 Å². The SMILES string of the molecule is O=C(O)C(Cc1ccccc1)CC1CCN(Cc2ccccc2)CC1. The highest BCUT2D eigenvalue weighted by Gasteiger charge is 2.26. The predicted octanol–water partition coefficient (Wildman–Crippen LogP) is 4.23. The minimum atomic E-state index is -0.657. The van der Waals surface area contributed by atoms with Crippen LogP contribution in [0.25, 0.3) is 0 Å². The molecule has 0 aromatic heterocycles. The van der Waals surface area contributed by atoms with Crippen LogP contribution >= 0.6 is 0 Å². The number of hydrogen-bond donors (Lipinski definition) is 1. The maximum absolute atomic E-state index is 11.7. The normalized spacial score (nSPS) is 17.3. The van der Waals surface area contributed by atoms with Crippen LogP contribution in [-0.2, 0) is 17.8 Å². The molecule has 1 fully saturated rings. The second-order valence-electron chi connectivity index (χ2n) is 7.17. The van der Waals surface area contributed by atoms with Crippen LogP contribution in [0.2, 0.25) is 0 Å². The quantitative estimate of drug-likeness (QED) is 0.822. The number of likely N-dealkylation sites (tertiary alicyclic amines) is 1. The Kier molecular flexibility index (Phi) is 6.24. The molecule has 2 aromatic rings. The molecule has 0 saturated carbocycles. The molecule has 0 amide bonds. The lowest BCUT2D eigenvalue weighted by Gasteiger charge is -2.33. The Morgan fingerprint density at radius 1 is 0.960 bits per heavy atom. The Balaban J connectivity index is 1.49. The fourth-order valence-electron chi connectivity index (χ4n) is 3.79. The van der Waals surface area contributed by atoms with Gasteiger partial charge in [0.1, 0.15) is 0 Å². The van der Waals surface area contributed by atoms with Gasteiger partial charge in [0.2, 0.25) is 0 Å². The van der Waals surface area contributed by atoms with Crippen molar-refractivity contribution < 1.29 is 9.90 Å². The van der Waals surface area contributed by atoms with Crippen molar-refractivity contribution in [2.75, 3.05) is 13.1 Å². The predicted molar refractivity (Wildman–Crippen MR) is 100 cm³/mol. The van der Waals surface area contributed by atoms with Crippen molar-refractivity contribution in [3.8, 4) is 0 Å². The summed E-state index contributed by atoms with van der Waals surface area (Å²) in [6.45, 7) is 3.13. The van der Waals surface area contributed by atoms with Crippen molar-refractivity contribution in [2.45, 2.75) is 32.2 Å². The van der Waals surface area contributed by atoms with Gasteiger partial charge in [0.05, 0.1) is 5.92 Å². The van der Waals surface area contributed by atoms with Gasteiger partial charge in [-0.05, 0) is 55.8 Å². The van der Waals surface area contributed by atoms with Crippen LogP contribution in [0, 0.1) is 11.8 Å². The number of nitrogens with zero attached hydrogens (tertiary/aromatic N) is 1. The minimum absolute atomic E-state index is 0.270. The molecule has 0 bridgehead atoms. The average Bonchev–Trinajstić information content (AvgIpc) is 2.64. The smallest absolute Gasteiger partial charge is 0.306 e. The molecule has 3 heteroatoms. The van der Waals surface area contributed by atoms with E-state index in [1.54, 1.807) is 0 Å². The van der Waals surface area contributed by atoms with Gasteiger partial charge in [-0.15, -0.1) is 0 Å². The first-order chi connectivity index (χ1) is 12.2. The molecule has 0 aliphatic carbocycles. The molecule has 1 N–H and O–H groups in total. The summed E-state index contributed by atoms with van der Waals surface area (Å²) in [6, 6.07) is 20.6. The van der Waals surface area contributed by atoms with E-state index in [4.69, 9.17) is 0 Å². The lowest BCUT2D eigenvalue weighted by Crippen LogP contribution is -2.34. The number of benzene rings is 2. The Morgan fingerprint density at radius 3 is 2.08 bits per heavy atom. The number of carbonyl (C=O) groups is 1. The molecule has 3 nitrogen and oxygen atoms in total. The molecule has 0 radical (unpaired) electrons. The summed E-state index contributed by atoms with van der Waals surface area (Å²) < 4.78 is 0. The number of rotatable bonds is 7. The van der Waals surface area contributed by atoms with E-state index < -0.39 is 5.97 Å². The largest absolute Gasteiger partial charge is 0.481 e. The van der Waals surface area contributed by atoms with Gasteiger partial charge in [-0.2, -0.15) is 0 Å². The Labute approximate surface area is 150 Å². The molecule has 2 aromatic carbocycles.